The van der Waals surface area contributed by atoms with Crippen molar-refractivity contribution in [3.05, 3.63) is 118 Å². The van der Waals surface area contributed by atoms with E-state index in [9.17, 15) is 24.5 Å². The standard InChI is InChI=1S/C37H27N5O5S3/c43-33-26-13-7-8-14-27(26)34(44)40(33)25-16-17-28-31(21-25)50-37(39-28)49-30-18-15-22(19-29(30)42(46)47)20-32-35(45)41(24-11-5-2-6-12-24)36(48-32)38-23-9-3-1-4-10-23/h1-6,9-12,15-21,26-27H,7-8,13-14H2/b32-20-,38-36?/t26-,27+. The molecule has 2 saturated heterocycles. The van der Waals surface area contributed by atoms with E-state index >= 15 is 0 Å². The number of thiazole rings is 1. The number of thioether (sulfide) groups is 1. The Bertz CT molecular complexity index is 2230. The molecule has 0 bridgehead atoms. The number of nitrogens with zero attached hydrogens (tertiary/aromatic N) is 5. The van der Waals surface area contributed by atoms with Crippen molar-refractivity contribution in [1.29, 1.82) is 0 Å². The predicted octanol–water partition coefficient (Wildman–Crippen LogP) is 8.84. The topological polar surface area (TPSA) is 126 Å². The van der Waals surface area contributed by atoms with Gasteiger partial charge in [-0.2, -0.15) is 0 Å². The zero-order chi connectivity index (χ0) is 34.4. The number of carbonyl (C=O) groups excluding carboxylic acids is 3. The molecule has 4 aromatic carbocycles. The monoisotopic (exact) mass is 717 g/mol. The van der Waals surface area contributed by atoms with Crippen molar-refractivity contribution in [3.8, 4) is 0 Å². The molecule has 3 fully saturated rings. The molecule has 0 spiro atoms. The maximum absolute atomic E-state index is 13.7. The molecule has 3 amide bonds. The molecule has 50 heavy (non-hydrogen) atoms. The largest absolute Gasteiger partial charge is 0.283 e. The summed E-state index contributed by atoms with van der Waals surface area (Å²) in [6, 6.07) is 28.8. The summed E-state index contributed by atoms with van der Waals surface area (Å²) in [5.74, 6) is -1.02. The number of hydrogen-bond acceptors (Lipinski definition) is 10. The normalized spacial score (nSPS) is 20.8. The van der Waals surface area contributed by atoms with Gasteiger partial charge < -0.3 is 0 Å². The Morgan fingerprint density at radius 3 is 2.24 bits per heavy atom. The van der Waals surface area contributed by atoms with Gasteiger partial charge in [-0.1, -0.05) is 67.1 Å². The lowest BCUT2D eigenvalue weighted by molar-refractivity contribution is -0.387. The quantitative estimate of drug-likeness (QED) is 0.0708. The molecule has 1 aliphatic carbocycles. The molecule has 2 aliphatic heterocycles. The number of rotatable bonds is 7. The third-order valence-electron chi connectivity index (χ3n) is 8.93. The molecule has 10 nitrogen and oxygen atoms in total. The van der Waals surface area contributed by atoms with Gasteiger partial charge in [-0.25, -0.2) is 9.98 Å². The van der Waals surface area contributed by atoms with E-state index in [1.54, 1.807) is 41.3 Å². The summed E-state index contributed by atoms with van der Waals surface area (Å²) in [6.07, 6.45) is 5.06. The van der Waals surface area contributed by atoms with Crippen LogP contribution in [0.4, 0.5) is 22.7 Å². The lowest BCUT2D eigenvalue weighted by Crippen LogP contribution is -2.30. The molecule has 3 heterocycles. The zero-order valence-electron chi connectivity index (χ0n) is 26.3. The van der Waals surface area contributed by atoms with E-state index in [1.807, 2.05) is 60.7 Å². The van der Waals surface area contributed by atoms with Crippen molar-refractivity contribution in [2.24, 2.45) is 16.8 Å². The molecule has 0 unspecified atom stereocenters. The molecule has 1 aromatic heterocycles. The molecule has 248 valence electrons. The fourth-order valence-electron chi connectivity index (χ4n) is 6.56. The maximum Gasteiger partial charge on any atom is 0.283 e. The van der Waals surface area contributed by atoms with Crippen molar-refractivity contribution in [2.75, 3.05) is 9.80 Å². The Kier molecular flexibility index (Phi) is 8.55. The van der Waals surface area contributed by atoms with E-state index in [0.717, 1.165) is 30.4 Å². The molecular weight excluding hydrogens is 691 g/mol. The van der Waals surface area contributed by atoms with Crippen LogP contribution in [0.1, 0.15) is 31.2 Å². The van der Waals surface area contributed by atoms with Crippen LogP contribution in [0.3, 0.4) is 0 Å². The number of anilines is 2. The van der Waals surface area contributed by atoms with Crippen molar-refractivity contribution < 1.29 is 19.3 Å². The lowest BCUT2D eigenvalue weighted by Gasteiger charge is -2.19. The van der Waals surface area contributed by atoms with E-state index in [4.69, 9.17) is 4.99 Å². The number of para-hydroxylation sites is 2. The molecule has 5 aromatic rings. The van der Waals surface area contributed by atoms with Crippen molar-refractivity contribution in [3.63, 3.8) is 0 Å². The van der Waals surface area contributed by atoms with Crippen LogP contribution < -0.4 is 9.80 Å². The van der Waals surface area contributed by atoms with Gasteiger partial charge in [0.25, 0.3) is 11.6 Å². The number of aliphatic imine (C=N–C) groups is 1. The molecule has 8 rings (SSSR count). The van der Waals surface area contributed by atoms with E-state index in [1.165, 1.54) is 45.8 Å². The smallest absolute Gasteiger partial charge is 0.274 e. The van der Waals surface area contributed by atoms with Gasteiger partial charge in [-0.05, 0) is 84.8 Å². The van der Waals surface area contributed by atoms with E-state index in [2.05, 4.69) is 4.98 Å². The van der Waals surface area contributed by atoms with Gasteiger partial charge in [-0.3, -0.25) is 34.3 Å². The fraction of sp³-hybridized carbons (Fsp3) is 0.162. The van der Waals surface area contributed by atoms with E-state index in [-0.39, 0.29) is 35.2 Å². The van der Waals surface area contributed by atoms with Crippen molar-refractivity contribution in [1.82, 2.24) is 4.98 Å². The number of fused-ring (bicyclic) bond motifs is 2. The zero-order valence-corrected chi connectivity index (χ0v) is 28.7. The van der Waals surface area contributed by atoms with Gasteiger partial charge in [0.05, 0.1) is 53.8 Å². The second-order valence-electron chi connectivity index (χ2n) is 12.0. The van der Waals surface area contributed by atoms with Gasteiger partial charge in [0.1, 0.15) is 0 Å². The number of imide groups is 1. The van der Waals surface area contributed by atoms with Gasteiger partial charge in [0.15, 0.2) is 9.51 Å². The highest BCUT2D eigenvalue weighted by atomic mass is 32.2. The van der Waals surface area contributed by atoms with Crippen molar-refractivity contribution >= 4 is 96.8 Å². The minimum absolute atomic E-state index is 0.117. The second-order valence-corrected chi connectivity index (χ2v) is 15.4. The Labute approximate surface area is 299 Å². The molecule has 3 aliphatic rings. The second kappa shape index (κ2) is 13.3. The summed E-state index contributed by atoms with van der Waals surface area (Å²) in [5.41, 5.74) is 2.96. The van der Waals surface area contributed by atoms with Gasteiger partial charge in [-0.15, -0.1) is 11.3 Å². The molecule has 13 heteroatoms. The lowest BCUT2D eigenvalue weighted by atomic mass is 9.81. The Morgan fingerprint density at radius 2 is 1.54 bits per heavy atom. The Morgan fingerprint density at radius 1 is 0.840 bits per heavy atom. The summed E-state index contributed by atoms with van der Waals surface area (Å²) in [6.45, 7) is 0. The minimum Gasteiger partial charge on any atom is -0.274 e. The van der Waals surface area contributed by atoms with Gasteiger partial charge in [0, 0.05) is 6.07 Å². The van der Waals surface area contributed by atoms with Crippen LogP contribution >= 0.6 is 34.9 Å². The fourth-order valence-corrected chi connectivity index (χ4v) is 9.70. The van der Waals surface area contributed by atoms with Crippen LogP contribution in [-0.4, -0.2) is 32.8 Å². The molecule has 1 saturated carbocycles. The van der Waals surface area contributed by atoms with E-state index in [0.29, 0.717) is 47.5 Å². The van der Waals surface area contributed by atoms with Crippen LogP contribution in [-0.2, 0) is 14.4 Å². The predicted molar refractivity (Wildman–Crippen MR) is 198 cm³/mol. The number of hydrogen-bond donors (Lipinski definition) is 0. The van der Waals surface area contributed by atoms with Crippen LogP contribution in [0.2, 0.25) is 0 Å². The molecule has 0 radical (unpaired) electrons. The highest BCUT2D eigenvalue weighted by Crippen LogP contribution is 2.44. The maximum atomic E-state index is 13.7. The van der Waals surface area contributed by atoms with Crippen LogP contribution in [0, 0.1) is 22.0 Å². The van der Waals surface area contributed by atoms with Crippen LogP contribution in [0.25, 0.3) is 16.3 Å². The number of amides is 3. The highest BCUT2D eigenvalue weighted by Gasteiger charge is 2.48. The highest BCUT2D eigenvalue weighted by molar-refractivity contribution is 8.19. The number of amidine groups is 1. The Balaban J connectivity index is 1.06. The number of carbonyl (C=O) groups is 3. The first-order valence-electron chi connectivity index (χ1n) is 16.0. The molecule has 2 atom stereocenters. The van der Waals surface area contributed by atoms with Crippen molar-refractivity contribution in [2.45, 2.75) is 34.9 Å². The minimum atomic E-state index is -0.442. The summed E-state index contributed by atoms with van der Waals surface area (Å²) in [7, 11) is 0. The number of aromatic nitrogens is 1. The number of nitro benzene ring substituents is 1. The summed E-state index contributed by atoms with van der Waals surface area (Å²) < 4.78 is 1.36. The average Bonchev–Trinajstić information content (AvgIpc) is 3.76. The average molecular weight is 718 g/mol. The first kappa shape index (κ1) is 32.1. The third kappa shape index (κ3) is 6.01. The first-order valence-corrected chi connectivity index (χ1v) is 18.5. The number of nitro groups is 1. The molecular formula is C37H27N5O5S3. The van der Waals surface area contributed by atoms with Crippen LogP contribution in [0.5, 0.6) is 0 Å². The van der Waals surface area contributed by atoms with Gasteiger partial charge >= 0.3 is 0 Å². The molecule has 0 N–H and O–H groups in total. The van der Waals surface area contributed by atoms with Gasteiger partial charge in [0.2, 0.25) is 11.8 Å². The first-order chi connectivity index (χ1) is 24.3. The summed E-state index contributed by atoms with van der Waals surface area (Å²) in [4.78, 5) is 64.9. The number of benzene rings is 4. The summed E-state index contributed by atoms with van der Waals surface area (Å²) >= 11 is 3.73. The summed E-state index contributed by atoms with van der Waals surface area (Å²) in [5, 5.41) is 12.8. The SMILES string of the molecule is O=C1/C(=C/c2ccc(Sc3nc4ccc(N5C(=O)[C@H]6CCCC[C@H]6C5=O)cc4s3)c([N+](=O)[O-])c2)SC(=Nc2ccccc2)N1c1ccccc1. The van der Waals surface area contributed by atoms with Crippen LogP contribution in [0.15, 0.2) is 116 Å². The Hall–Kier alpha value is -5.11. The van der Waals surface area contributed by atoms with E-state index < -0.39 is 4.92 Å². The third-order valence-corrected chi connectivity index (χ3v) is 12.0.